The molecule has 12 nitrogen and oxygen atoms in total. The average Bonchev–Trinajstić information content (AvgIpc) is 3.43. The van der Waals surface area contributed by atoms with Crippen molar-refractivity contribution in [2.75, 3.05) is 50.8 Å². The summed E-state index contributed by atoms with van der Waals surface area (Å²) < 4.78 is 5.31. The van der Waals surface area contributed by atoms with E-state index in [4.69, 9.17) is 9.72 Å². The molecule has 2 saturated heterocycles. The van der Waals surface area contributed by atoms with Crippen LogP contribution in [-0.4, -0.2) is 101 Å². The van der Waals surface area contributed by atoms with Crippen LogP contribution in [0.15, 0.2) is 36.4 Å². The van der Waals surface area contributed by atoms with Crippen molar-refractivity contribution in [2.45, 2.75) is 46.1 Å². The summed E-state index contributed by atoms with van der Waals surface area (Å²) in [6.07, 6.45) is 1.57. The lowest BCUT2D eigenvalue weighted by Crippen LogP contribution is -2.57. The maximum absolute atomic E-state index is 13.7. The number of carboxylic acids is 1. The van der Waals surface area contributed by atoms with Crippen LogP contribution < -0.4 is 10.2 Å². The fraction of sp³-hybridized carbons (Fsp3) is 0.562. The zero-order valence-corrected chi connectivity index (χ0v) is 25.6. The summed E-state index contributed by atoms with van der Waals surface area (Å²) in [6, 6.07) is 10.3. The summed E-state index contributed by atoms with van der Waals surface area (Å²) in [5, 5.41) is 12.1. The Bertz CT molecular complexity index is 1350. The fourth-order valence-corrected chi connectivity index (χ4v) is 6.20. The van der Waals surface area contributed by atoms with E-state index in [0.717, 1.165) is 18.4 Å². The molecule has 2 aromatic rings. The molecule has 3 heterocycles. The van der Waals surface area contributed by atoms with Crippen molar-refractivity contribution in [3.05, 3.63) is 42.1 Å². The third-order valence-corrected chi connectivity index (χ3v) is 8.88. The maximum atomic E-state index is 13.7. The first kappa shape index (κ1) is 31.2. The number of aromatic nitrogens is 2. The highest BCUT2D eigenvalue weighted by atomic mass is 16.6. The minimum Gasteiger partial charge on any atom is -0.481 e. The van der Waals surface area contributed by atoms with Crippen LogP contribution in [0.4, 0.5) is 10.6 Å². The Balaban J connectivity index is 1.28. The second-order valence-corrected chi connectivity index (χ2v) is 12.3. The number of amides is 3. The van der Waals surface area contributed by atoms with E-state index in [2.05, 4.69) is 15.2 Å². The average molecular weight is 607 g/mol. The molecule has 3 amide bonds. The van der Waals surface area contributed by atoms with Crippen molar-refractivity contribution in [3.8, 4) is 11.4 Å². The molecule has 3 aliphatic rings. The predicted molar refractivity (Wildman–Crippen MR) is 163 cm³/mol. The van der Waals surface area contributed by atoms with Crippen LogP contribution in [-0.2, 0) is 14.3 Å². The number of ether oxygens (including phenoxy) is 1. The molecule has 5 rings (SSSR count). The number of unbranched alkanes of at least 4 members (excludes halogenated alkanes) is 1. The number of anilines is 1. The first-order chi connectivity index (χ1) is 21.2. The molecule has 1 unspecified atom stereocenters. The third kappa shape index (κ3) is 7.11. The molecule has 12 heteroatoms. The van der Waals surface area contributed by atoms with Crippen LogP contribution in [0.25, 0.3) is 11.4 Å². The number of piperidine rings is 1. The van der Waals surface area contributed by atoms with Crippen LogP contribution in [0.5, 0.6) is 0 Å². The fourth-order valence-electron chi connectivity index (χ4n) is 6.20. The molecule has 1 aliphatic carbocycles. The SMILES string of the molecule is CCCCOC(=O)N1CCN(C(=O)[C@@H](NC(=O)c2cc(N3CC4[C@@H](CC(=O)O)[C@@H]4C3)nc(-c3ccccc3)n2)C(C)C)CC1. The van der Waals surface area contributed by atoms with E-state index < -0.39 is 17.9 Å². The summed E-state index contributed by atoms with van der Waals surface area (Å²) in [5.41, 5.74) is 0.925. The second-order valence-electron chi connectivity index (χ2n) is 12.3. The lowest BCUT2D eigenvalue weighted by Gasteiger charge is -2.36. The number of carbonyl (C=O) groups excluding carboxylic acids is 3. The first-order valence-corrected chi connectivity index (χ1v) is 15.6. The number of piperazine rings is 1. The highest BCUT2D eigenvalue weighted by Crippen LogP contribution is 2.54. The van der Waals surface area contributed by atoms with E-state index in [-0.39, 0.29) is 36.0 Å². The van der Waals surface area contributed by atoms with Crippen LogP contribution in [0, 0.1) is 23.7 Å². The van der Waals surface area contributed by atoms with E-state index in [1.165, 1.54) is 0 Å². The summed E-state index contributed by atoms with van der Waals surface area (Å²) >= 11 is 0. The van der Waals surface area contributed by atoms with Crippen molar-refractivity contribution >= 4 is 29.7 Å². The Hall–Kier alpha value is -4.22. The zero-order chi connectivity index (χ0) is 31.4. The molecule has 0 radical (unpaired) electrons. The van der Waals surface area contributed by atoms with Crippen molar-refractivity contribution in [2.24, 2.45) is 23.7 Å². The van der Waals surface area contributed by atoms with Crippen molar-refractivity contribution < 1.29 is 29.0 Å². The van der Waals surface area contributed by atoms with Gasteiger partial charge in [-0.3, -0.25) is 14.4 Å². The largest absolute Gasteiger partial charge is 0.481 e. The van der Waals surface area contributed by atoms with Gasteiger partial charge in [0.25, 0.3) is 5.91 Å². The van der Waals surface area contributed by atoms with Crippen LogP contribution in [0.1, 0.15) is 50.5 Å². The summed E-state index contributed by atoms with van der Waals surface area (Å²) in [4.78, 5) is 65.6. The Labute approximate surface area is 257 Å². The Morgan fingerprint density at radius 2 is 1.66 bits per heavy atom. The Kier molecular flexibility index (Phi) is 9.65. The Morgan fingerprint density at radius 3 is 2.27 bits per heavy atom. The zero-order valence-electron chi connectivity index (χ0n) is 25.6. The molecule has 4 atom stereocenters. The van der Waals surface area contributed by atoms with Gasteiger partial charge in [-0.2, -0.15) is 0 Å². The van der Waals surface area contributed by atoms with Gasteiger partial charge in [0.1, 0.15) is 17.6 Å². The van der Waals surface area contributed by atoms with Gasteiger partial charge >= 0.3 is 12.1 Å². The topological polar surface area (TPSA) is 145 Å². The summed E-state index contributed by atoms with van der Waals surface area (Å²) in [7, 11) is 0. The number of aliphatic carboxylic acids is 1. The van der Waals surface area contributed by atoms with Gasteiger partial charge in [-0.1, -0.05) is 57.5 Å². The molecule has 44 heavy (non-hydrogen) atoms. The van der Waals surface area contributed by atoms with Crippen molar-refractivity contribution in [3.63, 3.8) is 0 Å². The van der Waals surface area contributed by atoms with Gasteiger partial charge in [0.15, 0.2) is 5.82 Å². The van der Waals surface area contributed by atoms with E-state index in [1.807, 2.05) is 51.1 Å². The molecule has 1 aromatic heterocycles. The number of rotatable bonds is 11. The van der Waals surface area contributed by atoms with Gasteiger partial charge in [0.05, 0.1) is 6.61 Å². The molecular formula is C32H42N6O6. The number of fused-ring (bicyclic) bond motifs is 1. The van der Waals surface area contributed by atoms with Crippen molar-refractivity contribution in [1.29, 1.82) is 0 Å². The quantitative estimate of drug-likeness (QED) is 0.369. The molecule has 2 N–H and O–H groups in total. The first-order valence-electron chi connectivity index (χ1n) is 15.6. The molecule has 0 bridgehead atoms. The molecule has 3 fully saturated rings. The second kappa shape index (κ2) is 13.6. The van der Waals surface area contributed by atoms with Gasteiger partial charge in [-0.05, 0) is 30.1 Å². The molecule has 0 spiro atoms. The van der Waals surface area contributed by atoms with Crippen LogP contribution >= 0.6 is 0 Å². The normalized spacial score (nSPS) is 21.5. The lowest BCUT2D eigenvalue weighted by molar-refractivity contribution is -0.137. The van der Waals surface area contributed by atoms with E-state index in [0.29, 0.717) is 69.4 Å². The molecule has 2 aliphatic heterocycles. The summed E-state index contributed by atoms with van der Waals surface area (Å²) in [6.45, 7) is 9.01. The lowest BCUT2D eigenvalue weighted by atomic mass is 10.0. The number of hydrogen-bond donors (Lipinski definition) is 2. The van der Waals surface area contributed by atoms with Crippen LogP contribution in [0.3, 0.4) is 0 Å². The molecule has 236 valence electrons. The maximum Gasteiger partial charge on any atom is 0.409 e. The number of nitrogens with one attached hydrogen (secondary N) is 1. The van der Waals surface area contributed by atoms with Crippen molar-refractivity contribution in [1.82, 2.24) is 25.1 Å². The number of benzene rings is 1. The highest BCUT2D eigenvalue weighted by Gasteiger charge is 2.56. The predicted octanol–water partition coefficient (Wildman–Crippen LogP) is 3.14. The summed E-state index contributed by atoms with van der Waals surface area (Å²) in [5.74, 6) is 0.191. The minimum absolute atomic E-state index is 0.162. The smallest absolute Gasteiger partial charge is 0.409 e. The third-order valence-electron chi connectivity index (χ3n) is 8.88. The van der Waals surface area contributed by atoms with E-state index >= 15 is 0 Å². The highest BCUT2D eigenvalue weighted by molar-refractivity contribution is 5.97. The number of nitrogens with zero attached hydrogens (tertiary/aromatic N) is 5. The molecule has 1 saturated carbocycles. The Morgan fingerprint density at radius 1 is 1.00 bits per heavy atom. The number of carboxylic acid groups (broad SMARTS) is 1. The van der Waals surface area contributed by atoms with E-state index in [1.54, 1.807) is 15.9 Å². The minimum atomic E-state index is -0.777. The number of carbonyl (C=O) groups is 4. The standard InChI is InChI=1S/C32H42N6O6/c1-4-5-15-44-32(43)37-13-11-36(12-14-37)31(42)28(20(2)3)35-30(41)25-17-26(34-29(33-25)21-9-7-6-8-10-21)38-18-23-22(16-27(39)40)24(23)19-38/h6-10,17,20,22-24,28H,4-5,11-16,18-19H2,1-3H3,(H,35,41)(H,39,40)/t22-,23-,24?,28-/m0/s1. The van der Waals surface area contributed by atoms with Gasteiger partial charge in [-0.25, -0.2) is 14.8 Å². The van der Waals surface area contributed by atoms with Gasteiger partial charge < -0.3 is 29.9 Å². The van der Waals surface area contributed by atoms with Crippen LogP contribution in [0.2, 0.25) is 0 Å². The number of hydrogen-bond acceptors (Lipinski definition) is 8. The van der Waals surface area contributed by atoms with Gasteiger partial charge in [0, 0.05) is 57.3 Å². The molecule has 1 aromatic carbocycles. The van der Waals surface area contributed by atoms with Gasteiger partial charge in [-0.15, -0.1) is 0 Å². The van der Waals surface area contributed by atoms with E-state index in [9.17, 15) is 24.3 Å². The molecular weight excluding hydrogens is 564 g/mol. The monoisotopic (exact) mass is 606 g/mol. The van der Waals surface area contributed by atoms with Gasteiger partial charge in [0.2, 0.25) is 5.91 Å².